The summed E-state index contributed by atoms with van der Waals surface area (Å²) in [5, 5.41) is 4.24. The Morgan fingerprint density at radius 3 is 2.59 bits per heavy atom. The van der Waals surface area contributed by atoms with Crippen molar-refractivity contribution in [2.75, 3.05) is 24.7 Å². The van der Waals surface area contributed by atoms with E-state index in [0.29, 0.717) is 42.9 Å². The number of fused-ring (bicyclic) bond motifs is 1. The van der Waals surface area contributed by atoms with E-state index in [-0.39, 0.29) is 17.6 Å². The molecule has 8 nitrogen and oxygen atoms in total. The molecule has 2 saturated carbocycles. The van der Waals surface area contributed by atoms with Gasteiger partial charge in [-0.05, 0) is 50.0 Å². The maximum Gasteiger partial charge on any atom is 0.252 e. The summed E-state index contributed by atoms with van der Waals surface area (Å²) in [6.45, 7) is 0.999. The summed E-state index contributed by atoms with van der Waals surface area (Å²) in [6, 6.07) is 3.79. The third-order valence-electron chi connectivity index (χ3n) is 6.99. The quantitative estimate of drug-likeness (QED) is 0.819. The number of pyridine rings is 1. The molecule has 1 aliphatic heterocycles. The van der Waals surface area contributed by atoms with E-state index in [4.69, 9.17) is 4.98 Å². The van der Waals surface area contributed by atoms with E-state index in [2.05, 4.69) is 10.3 Å². The zero-order valence-electron chi connectivity index (χ0n) is 16.7. The average molecular weight is 418 g/mol. The normalized spacial score (nSPS) is 24.9. The monoisotopic (exact) mass is 417 g/mol. The molecule has 9 heteroatoms. The lowest BCUT2D eigenvalue weighted by Crippen LogP contribution is -2.42. The van der Waals surface area contributed by atoms with Crippen LogP contribution in [-0.4, -0.2) is 52.6 Å². The molecule has 3 fully saturated rings. The first kappa shape index (κ1) is 19.0. The largest absolute Gasteiger partial charge is 0.351 e. The topological polar surface area (TPSA) is 97.2 Å². The van der Waals surface area contributed by atoms with E-state index < -0.39 is 10.0 Å². The van der Waals surface area contributed by atoms with Gasteiger partial charge in [0, 0.05) is 42.8 Å². The Hall–Kier alpha value is -2.00. The van der Waals surface area contributed by atoms with Crippen molar-refractivity contribution in [2.24, 2.45) is 5.41 Å². The molecule has 2 aliphatic carbocycles. The molecule has 2 aromatic rings. The molecular weight excluding hydrogens is 390 g/mol. The van der Waals surface area contributed by atoms with Gasteiger partial charge >= 0.3 is 0 Å². The number of hydrogen-bond donors (Lipinski definition) is 1. The Balaban J connectivity index is 1.42. The van der Waals surface area contributed by atoms with Crippen LogP contribution in [0.4, 0.5) is 5.95 Å². The third kappa shape index (κ3) is 3.44. The van der Waals surface area contributed by atoms with Crippen LogP contribution in [0, 0.1) is 5.41 Å². The Morgan fingerprint density at radius 1 is 1.14 bits per heavy atom. The second kappa shape index (κ2) is 6.77. The minimum absolute atomic E-state index is 0.0155. The molecule has 3 heterocycles. The van der Waals surface area contributed by atoms with E-state index in [1.54, 1.807) is 18.3 Å². The molecular formula is C20H27N5O3S. The Labute approximate surface area is 170 Å². The number of nitrogens with one attached hydrogen (secondary N) is 1. The van der Waals surface area contributed by atoms with Crippen molar-refractivity contribution in [3.63, 3.8) is 0 Å². The van der Waals surface area contributed by atoms with Crippen LogP contribution in [0.2, 0.25) is 0 Å². The lowest BCUT2D eigenvalue weighted by atomic mass is 10.00. The summed E-state index contributed by atoms with van der Waals surface area (Å²) in [6.07, 6.45) is 10.3. The smallest absolute Gasteiger partial charge is 0.252 e. The molecule has 29 heavy (non-hydrogen) atoms. The van der Waals surface area contributed by atoms with Crippen LogP contribution in [0.1, 0.15) is 51.0 Å². The van der Waals surface area contributed by atoms with Gasteiger partial charge in [0.05, 0.1) is 6.26 Å². The molecule has 0 radical (unpaired) electrons. The summed E-state index contributed by atoms with van der Waals surface area (Å²) < 4.78 is 26.8. The van der Waals surface area contributed by atoms with Gasteiger partial charge < -0.3 is 5.32 Å². The van der Waals surface area contributed by atoms with E-state index in [1.165, 1.54) is 36.2 Å². The van der Waals surface area contributed by atoms with Crippen LogP contribution in [0.3, 0.4) is 0 Å². The second-order valence-corrected chi connectivity index (χ2v) is 10.8. The molecule has 1 atom stereocenters. The van der Waals surface area contributed by atoms with Crippen LogP contribution in [0.5, 0.6) is 0 Å². The van der Waals surface area contributed by atoms with Crippen molar-refractivity contribution >= 4 is 27.0 Å². The lowest BCUT2D eigenvalue weighted by Gasteiger charge is -2.30. The van der Waals surface area contributed by atoms with Gasteiger partial charge in [0.1, 0.15) is 5.65 Å². The zero-order valence-corrected chi connectivity index (χ0v) is 17.5. The van der Waals surface area contributed by atoms with Gasteiger partial charge in [-0.3, -0.25) is 9.36 Å². The molecule has 5 rings (SSSR count). The van der Waals surface area contributed by atoms with Crippen molar-refractivity contribution in [1.29, 1.82) is 0 Å². The standard InChI is InChI=1S/C20H27N5O3S/c1-29(27,28)24-11-6-15(7-12-24)22-19-21-13-14-4-5-17(26)25(18(14)23-19)16-3-2-8-20(16)9-10-20/h4-5,13,15-16H,2-3,6-12H2,1H3,(H,21,22,23). The predicted octanol–water partition coefficient (Wildman–Crippen LogP) is 2.13. The fraction of sp³-hybridized carbons (Fsp3) is 0.650. The number of rotatable bonds is 4. The Bertz CT molecular complexity index is 1100. The third-order valence-corrected chi connectivity index (χ3v) is 8.29. The summed E-state index contributed by atoms with van der Waals surface area (Å²) >= 11 is 0. The number of hydrogen-bond acceptors (Lipinski definition) is 6. The number of piperidine rings is 1. The molecule has 1 saturated heterocycles. The van der Waals surface area contributed by atoms with Gasteiger partial charge in [-0.2, -0.15) is 4.98 Å². The van der Waals surface area contributed by atoms with E-state index in [9.17, 15) is 13.2 Å². The van der Waals surface area contributed by atoms with Crippen molar-refractivity contribution < 1.29 is 8.42 Å². The molecule has 0 aromatic carbocycles. The zero-order chi connectivity index (χ0) is 20.2. The maximum atomic E-state index is 12.8. The van der Waals surface area contributed by atoms with Gasteiger partial charge in [-0.1, -0.05) is 6.42 Å². The number of anilines is 1. The highest BCUT2D eigenvalue weighted by Gasteiger charge is 2.53. The SMILES string of the molecule is CS(=O)(=O)N1CCC(Nc2ncc3ccc(=O)n(C4CCCC45CC5)c3n2)CC1. The van der Waals surface area contributed by atoms with Gasteiger partial charge in [0.2, 0.25) is 16.0 Å². The Morgan fingerprint density at radius 2 is 1.90 bits per heavy atom. The predicted molar refractivity (Wildman–Crippen MR) is 111 cm³/mol. The van der Waals surface area contributed by atoms with Crippen LogP contribution in [0.25, 0.3) is 11.0 Å². The average Bonchev–Trinajstić information content (AvgIpc) is 3.35. The van der Waals surface area contributed by atoms with E-state index in [1.807, 2.05) is 4.57 Å². The summed E-state index contributed by atoms with van der Waals surface area (Å²) in [5.74, 6) is 0.512. The fourth-order valence-corrected chi connectivity index (χ4v) is 6.06. The van der Waals surface area contributed by atoms with Crippen molar-refractivity contribution in [3.05, 3.63) is 28.7 Å². The summed E-state index contributed by atoms with van der Waals surface area (Å²) in [5.41, 5.74) is 1.03. The molecule has 0 amide bonds. The van der Waals surface area contributed by atoms with Crippen LogP contribution >= 0.6 is 0 Å². The molecule has 2 aromatic heterocycles. The lowest BCUT2D eigenvalue weighted by molar-refractivity contribution is 0.331. The number of nitrogens with zero attached hydrogens (tertiary/aromatic N) is 4. The van der Waals surface area contributed by atoms with Gasteiger partial charge in [0.25, 0.3) is 5.56 Å². The molecule has 1 N–H and O–H groups in total. The van der Waals surface area contributed by atoms with Gasteiger partial charge in [-0.15, -0.1) is 0 Å². The number of sulfonamides is 1. The molecule has 1 spiro atoms. The van der Waals surface area contributed by atoms with Crippen molar-refractivity contribution in [2.45, 2.75) is 57.0 Å². The fourth-order valence-electron chi connectivity index (χ4n) is 5.19. The van der Waals surface area contributed by atoms with E-state index >= 15 is 0 Å². The first-order valence-corrected chi connectivity index (χ1v) is 12.3. The minimum Gasteiger partial charge on any atom is -0.351 e. The maximum absolute atomic E-state index is 12.8. The molecule has 1 unspecified atom stereocenters. The first-order valence-electron chi connectivity index (χ1n) is 10.5. The summed E-state index contributed by atoms with van der Waals surface area (Å²) in [4.78, 5) is 22.0. The van der Waals surface area contributed by atoms with Crippen molar-refractivity contribution in [3.8, 4) is 0 Å². The minimum atomic E-state index is -3.14. The van der Waals surface area contributed by atoms with Crippen LogP contribution in [-0.2, 0) is 10.0 Å². The second-order valence-electron chi connectivity index (χ2n) is 8.87. The number of aromatic nitrogens is 3. The van der Waals surface area contributed by atoms with E-state index in [0.717, 1.165) is 11.8 Å². The van der Waals surface area contributed by atoms with Gasteiger partial charge in [-0.25, -0.2) is 17.7 Å². The van der Waals surface area contributed by atoms with Gasteiger partial charge in [0.15, 0.2) is 0 Å². The highest BCUT2D eigenvalue weighted by molar-refractivity contribution is 7.88. The highest BCUT2D eigenvalue weighted by atomic mass is 32.2. The summed E-state index contributed by atoms with van der Waals surface area (Å²) in [7, 11) is -3.14. The first-order chi connectivity index (χ1) is 13.9. The molecule has 0 bridgehead atoms. The highest BCUT2D eigenvalue weighted by Crippen LogP contribution is 2.63. The van der Waals surface area contributed by atoms with Crippen LogP contribution < -0.4 is 10.9 Å². The van der Waals surface area contributed by atoms with Crippen LogP contribution in [0.15, 0.2) is 23.1 Å². The Kier molecular flexibility index (Phi) is 4.43. The molecule has 156 valence electrons. The van der Waals surface area contributed by atoms with Crippen molar-refractivity contribution in [1.82, 2.24) is 18.8 Å². The molecule has 3 aliphatic rings.